The summed E-state index contributed by atoms with van der Waals surface area (Å²) in [6.45, 7) is 2.59. The highest BCUT2D eigenvalue weighted by molar-refractivity contribution is 5.54. The zero-order chi connectivity index (χ0) is 12.4. The molecule has 0 fully saturated rings. The van der Waals surface area contributed by atoms with Crippen molar-refractivity contribution in [3.63, 3.8) is 0 Å². The molecule has 90 valence electrons. The minimum atomic E-state index is 0.541. The second kappa shape index (κ2) is 4.40. The van der Waals surface area contributed by atoms with Crippen molar-refractivity contribution < 1.29 is 0 Å². The largest absolute Gasteiger partial charge is 0.261 e. The predicted molar refractivity (Wildman–Crippen MR) is 65.7 cm³/mol. The van der Waals surface area contributed by atoms with E-state index in [1.807, 2.05) is 24.3 Å². The number of benzene rings is 1. The Morgan fingerprint density at radius 1 is 1.22 bits per heavy atom. The first-order valence-corrected chi connectivity index (χ1v) is 5.62. The Balaban J connectivity index is 1.83. The maximum atomic E-state index is 4.43. The molecule has 6 nitrogen and oxygen atoms in total. The fourth-order valence-electron chi connectivity index (χ4n) is 1.67. The van der Waals surface area contributed by atoms with Crippen LogP contribution in [-0.2, 0) is 6.54 Å². The molecule has 0 bridgehead atoms. The molecule has 18 heavy (non-hydrogen) atoms. The van der Waals surface area contributed by atoms with Crippen LogP contribution in [0.15, 0.2) is 36.9 Å². The molecule has 2 heterocycles. The van der Waals surface area contributed by atoms with Gasteiger partial charge in [-0.25, -0.2) is 14.6 Å². The lowest BCUT2D eigenvalue weighted by Crippen LogP contribution is -2.01. The predicted octanol–water partition coefficient (Wildman–Crippen LogP) is 1.42. The van der Waals surface area contributed by atoms with Gasteiger partial charge in [0, 0.05) is 5.56 Å². The molecule has 0 amide bonds. The molecule has 1 N–H and O–H groups in total. The molecular weight excluding hydrogens is 228 g/mol. The summed E-state index contributed by atoms with van der Waals surface area (Å²) in [6, 6.07) is 8.11. The minimum absolute atomic E-state index is 0.541. The highest BCUT2D eigenvalue weighted by Crippen LogP contribution is 2.15. The van der Waals surface area contributed by atoms with E-state index in [0.717, 1.165) is 11.4 Å². The summed E-state index contributed by atoms with van der Waals surface area (Å²) in [5.41, 5.74) is 2.22. The summed E-state index contributed by atoms with van der Waals surface area (Å²) < 4.78 is 1.69. The molecule has 2 aromatic heterocycles. The number of aryl methyl sites for hydroxylation is 1. The molecular formula is C12H12N6. The molecule has 0 aliphatic rings. The van der Waals surface area contributed by atoms with Crippen LogP contribution in [0.1, 0.15) is 11.4 Å². The van der Waals surface area contributed by atoms with Crippen LogP contribution in [0.3, 0.4) is 0 Å². The zero-order valence-electron chi connectivity index (χ0n) is 9.91. The van der Waals surface area contributed by atoms with Crippen LogP contribution in [0.4, 0.5) is 0 Å². The molecule has 0 aliphatic heterocycles. The number of aromatic nitrogens is 6. The Morgan fingerprint density at radius 2 is 2.06 bits per heavy atom. The third-order valence-corrected chi connectivity index (χ3v) is 2.62. The summed E-state index contributed by atoms with van der Waals surface area (Å²) in [7, 11) is 0. The SMILES string of the molecule is Cc1ccc(-c2n[nH]c(Cn3cncn3)n2)cc1. The van der Waals surface area contributed by atoms with Crippen LogP contribution in [0.5, 0.6) is 0 Å². The van der Waals surface area contributed by atoms with E-state index in [1.54, 1.807) is 11.0 Å². The summed E-state index contributed by atoms with van der Waals surface area (Å²) in [5, 5.41) is 11.1. The number of hydrogen-bond acceptors (Lipinski definition) is 4. The number of rotatable bonds is 3. The van der Waals surface area contributed by atoms with Crippen molar-refractivity contribution in [2.24, 2.45) is 0 Å². The van der Waals surface area contributed by atoms with Crippen molar-refractivity contribution in [1.29, 1.82) is 0 Å². The first kappa shape index (κ1) is 10.6. The smallest absolute Gasteiger partial charge is 0.181 e. The van der Waals surface area contributed by atoms with Gasteiger partial charge in [-0.1, -0.05) is 29.8 Å². The summed E-state index contributed by atoms with van der Waals surface area (Å²) >= 11 is 0. The summed E-state index contributed by atoms with van der Waals surface area (Å²) in [6.07, 6.45) is 3.14. The summed E-state index contributed by atoms with van der Waals surface area (Å²) in [5.74, 6) is 1.46. The molecule has 0 radical (unpaired) electrons. The summed E-state index contributed by atoms with van der Waals surface area (Å²) in [4.78, 5) is 8.31. The number of hydrogen-bond donors (Lipinski definition) is 1. The average molecular weight is 240 g/mol. The normalized spacial score (nSPS) is 10.7. The molecule has 0 spiro atoms. The lowest BCUT2D eigenvalue weighted by Gasteiger charge is -1.96. The average Bonchev–Trinajstić information content (AvgIpc) is 3.02. The van der Waals surface area contributed by atoms with Gasteiger partial charge in [-0.2, -0.15) is 10.2 Å². The van der Waals surface area contributed by atoms with Gasteiger partial charge in [0.05, 0.1) is 0 Å². The molecule has 0 atom stereocenters. The van der Waals surface area contributed by atoms with E-state index in [2.05, 4.69) is 32.2 Å². The van der Waals surface area contributed by atoms with Crippen LogP contribution < -0.4 is 0 Å². The number of aromatic amines is 1. The van der Waals surface area contributed by atoms with Gasteiger partial charge in [-0.05, 0) is 6.92 Å². The third kappa shape index (κ3) is 2.13. The van der Waals surface area contributed by atoms with Gasteiger partial charge in [0.15, 0.2) is 5.82 Å². The fraction of sp³-hybridized carbons (Fsp3) is 0.167. The third-order valence-electron chi connectivity index (χ3n) is 2.62. The Kier molecular flexibility index (Phi) is 2.60. The maximum Gasteiger partial charge on any atom is 0.181 e. The highest BCUT2D eigenvalue weighted by atomic mass is 15.3. The van der Waals surface area contributed by atoms with E-state index in [-0.39, 0.29) is 0 Å². The van der Waals surface area contributed by atoms with E-state index in [9.17, 15) is 0 Å². The molecule has 3 rings (SSSR count). The second-order valence-electron chi connectivity index (χ2n) is 4.06. The van der Waals surface area contributed by atoms with Crippen molar-refractivity contribution in [2.75, 3.05) is 0 Å². The monoisotopic (exact) mass is 240 g/mol. The van der Waals surface area contributed by atoms with E-state index < -0.39 is 0 Å². The second-order valence-corrected chi connectivity index (χ2v) is 4.06. The van der Waals surface area contributed by atoms with E-state index in [4.69, 9.17) is 0 Å². The van der Waals surface area contributed by atoms with Gasteiger partial charge >= 0.3 is 0 Å². The standard InChI is InChI=1S/C12H12N6/c1-9-2-4-10(5-3-9)12-15-11(16-17-12)6-18-8-13-7-14-18/h2-5,7-8H,6H2,1H3,(H,15,16,17). The lowest BCUT2D eigenvalue weighted by molar-refractivity contribution is 0.656. The number of nitrogens with zero attached hydrogens (tertiary/aromatic N) is 5. The van der Waals surface area contributed by atoms with Gasteiger partial charge in [-0.3, -0.25) is 5.10 Å². The number of nitrogens with one attached hydrogen (secondary N) is 1. The quantitative estimate of drug-likeness (QED) is 0.751. The van der Waals surface area contributed by atoms with Crippen LogP contribution in [0.2, 0.25) is 0 Å². The van der Waals surface area contributed by atoms with Gasteiger partial charge in [-0.15, -0.1) is 0 Å². The Labute approximate surface area is 104 Å². The van der Waals surface area contributed by atoms with Gasteiger partial charge in [0.1, 0.15) is 25.0 Å². The van der Waals surface area contributed by atoms with Gasteiger partial charge in [0.25, 0.3) is 0 Å². The molecule has 1 aromatic carbocycles. The Morgan fingerprint density at radius 3 is 2.78 bits per heavy atom. The number of H-pyrrole nitrogens is 1. The van der Waals surface area contributed by atoms with Crippen molar-refractivity contribution in [3.05, 3.63) is 48.3 Å². The highest BCUT2D eigenvalue weighted by Gasteiger charge is 2.06. The Hall–Kier alpha value is -2.50. The molecule has 3 aromatic rings. The molecule has 6 heteroatoms. The fourth-order valence-corrected chi connectivity index (χ4v) is 1.67. The van der Waals surface area contributed by atoms with Crippen LogP contribution in [-0.4, -0.2) is 29.9 Å². The molecule has 0 unspecified atom stereocenters. The van der Waals surface area contributed by atoms with Crippen molar-refractivity contribution in [3.8, 4) is 11.4 Å². The molecule has 0 saturated heterocycles. The van der Waals surface area contributed by atoms with Crippen LogP contribution in [0.25, 0.3) is 11.4 Å². The maximum absolute atomic E-state index is 4.43. The molecule has 0 aliphatic carbocycles. The van der Waals surface area contributed by atoms with Crippen molar-refractivity contribution >= 4 is 0 Å². The van der Waals surface area contributed by atoms with Crippen molar-refractivity contribution in [1.82, 2.24) is 29.9 Å². The Bertz CT molecular complexity index is 623. The molecule has 0 saturated carbocycles. The van der Waals surface area contributed by atoms with E-state index in [1.165, 1.54) is 11.9 Å². The van der Waals surface area contributed by atoms with E-state index >= 15 is 0 Å². The van der Waals surface area contributed by atoms with Crippen LogP contribution >= 0.6 is 0 Å². The van der Waals surface area contributed by atoms with Gasteiger partial charge in [0.2, 0.25) is 0 Å². The lowest BCUT2D eigenvalue weighted by atomic mass is 10.1. The minimum Gasteiger partial charge on any atom is -0.261 e. The van der Waals surface area contributed by atoms with Gasteiger partial charge < -0.3 is 0 Å². The van der Waals surface area contributed by atoms with E-state index in [0.29, 0.717) is 12.4 Å². The topological polar surface area (TPSA) is 72.3 Å². The first-order valence-electron chi connectivity index (χ1n) is 5.62. The zero-order valence-corrected chi connectivity index (χ0v) is 9.91. The van der Waals surface area contributed by atoms with Crippen LogP contribution in [0, 0.1) is 6.92 Å². The first-order chi connectivity index (χ1) is 8.81. The van der Waals surface area contributed by atoms with Crippen molar-refractivity contribution in [2.45, 2.75) is 13.5 Å².